The summed E-state index contributed by atoms with van der Waals surface area (Å²) in [5, 5.41) is 10.4. The molecule has 1 aliphatic rings. The Morgan fingerprint density at radius 1 is 1.20 bits per heavy atom. The minimum absolute atomic E-state index is 0.205. The Morgan fingerprint density at radius 3 is 2.66 bits per heavy atom. The number of carbonyl (C=O) groups is 1. The van der Waals surface area contributed by atoms with E-state index in [0.29, 0.717) is 36.2 Å². The second kappa shape index (κ2) is 10.2. The second-order valence-electron chi connectivity index (χ2n) is 8.08. The minimum atomic E-state index is -0.759. The van der Waals surface area contributed by atoms with E-state index in [-0.39, 0.29) is 11.7 Å². The van der Waals surface area contributed by atoms with Gasteiger partial charge in [-0.3, -0.25) is 9.48 Å². The zero-order chi connectivity index (χ0) is 25.1. The van der Waals surface area contributed by atoms with Gasteiger partial charge in [0.1, 0.15) is 5.69 Å². The predicted molar refractivity (Wildman–Crippen MR) is 127 cm³/mol. The van der Waals surface area contributed by atoms with Gasteiger partial charge >= 0.3 is 0 Å². The Hall–Kier alpha value is -3.77. The number of fused-ring (bicyclic) bond motifs is 1. The van der Waals surface area contributed by atoms with Gasteiger partial charge in [0.2, 0.25) is 5.95 Å². The molecule has 35 heavy (non-hydrogen) atoms. The number of aryl methyl sites for hydroxylation is 1. The lowest BCUT2D eigenvalue weighted by Crippen LogP contribution is -2.54. The van der Waals surface area contributed by atoms with Crippen molar-refractivity contribution in [2.24, 2.45) is 0 Å². The van der Waals surface area contributed by atoms with Gasteiger partial charge in [-0.05, 0) is 24.6 Å². The SMILES string of the molecule is COc1ccc(Cn2cc(CNc3nc(C)c4c(n3)N(C)C(C(OC)OC)C(=O)N4)cn2)cc1F. The first-order valence-electron chi connectivity index (χ1n) is 10.9. The number of ether oxygens (including phenoxy) is 3. The van der Waals surface area contributed by atoms with Gasteiger partial charge in [0, 0.05) is 39.6 Å². The topological polar surface area (TPSA) is 116 Å². The van der Waals surface area contributed by atoms with Crippen molar-refractivity contribution >= 4 is 23.4 Å². The van der Waals surface area contributed by atoms with Crippen LogP contribution in [0.2, 0.25) is 0 Å². The molecule has 4 rings (SSSR count). The van der Waals surface area contributed by atoms with Crippen molar-refractivity contribution in [1.82, 2.24) is 19.7 Å². The van der Waals surface area contributed by atoms with Crippen molar-refractivity contribution in [1.29, 1.82) is 0 Å². The molecule has 186 valence electrons. The number of methoxy groups -OCH3 is 3. The van der Waals surface area contributed by atoms with Crippen LogP contribution < -0.4 is 20.3 Å². The van der Waals surface area contributed by atoms with Crippen LogP contribution in [-0.2, 0) is 27.4 Å². The average Bonchev–Trinajstić information content (AvgIpc) is 3.28. The molecule has 0 spiro atoms. The van der Waals surface area contributed by atoms with Crippen LogP contribution in [0.5, 0.6) is 5.75 Å². The molecule has 0 bridgehead atoms. The molecule has 0 aliphatic carbocycles. The summed E-state index contributed by atoms with van der Waals surface area (Å²) in [6.07, 6.45) is 2.83. The summed E-state index contributed by atoms with van der Waals surface area (Å²) in [6.45, 7) is 2.64. The molecule has 3 aromatic rings. The molecule has 12 heteroatoms. The van der Waals surface area contributed by atoms with E-state index < -0.39 is 18.1 Å². The van der Waals surface area contributed by atoms with E-state index >= 15 is 0 Å². The monoisotopic (exact) mass is 485 g/mol. The first-order chi connectivity index (χ1) is 16.8. The van der Waals surface area contributed by atoms with Crippen LogP contribution in [0.4, 0.5) is 21.8 Å². The Morgan fingerprint density at radius 2 is 1.97 bits per heavy atom. The van der Waals surface area contributed by atoms with Crippen molar-refractivity contribution in [3.8, 4) is 5.75 Å². The number of hydrogen-bond acceptors (Lipinski definition) is 9. The minimum Gasteiger partial charge on any atom is -0.494 e. The van der Waals surface area contributed by atoms with Crippen LogP contribution in [0, 0.1) is 12.7 Å². The summed E-state index contributed by atoms with van der Waals surface area (Å²) in [7, 11) is 6.15. The van der Waals surface area contributed by atoms with Crippen molar-refractivity contribution < 1.29 is 23.4 Å². The van der Waals surface area contributed by atoms with Gasteiger partial charge in [-0.2, -0.15) is 10.1 Å². The molecule has 1 aliphatic heterocycles. The lowest BCUT2D eigenvalue weighted by molar-refractivity contribution is -0.141. The lowest BCUT2D eigenvalue weighted by Gasteiger charge is -2.37. The summed E-state index contributed by atoms with van der Waals surface area (Å²) in [4.78, 5) is 23.4. The third-order valence-corrected chi connectivity index (χ3v) is 5.76. The van der Waals surface area contributed by atoms with E-state index in [9.17, 15) is 9.18 Å². The van der Waals surface area contributed by atoms with Crippen LogP contribution in [0.15, 0.2) is 30.6 Å². The Kier molecular flexibility index (Phi) is 7.12. The molecule has 1 aromatic carbocycles. The molecule has 2 aromatic heterocycles. The number of nitrogens with one attached hydrogen (secondary N) is 2. The number of nitrogens with zero attached hydrogens (tertiary/aromatic N) is 5. The molecular weight excluding hydrogens is 457 g/mol. The predicted octanol–water partition coefficient (Wildman–Crippen LogP) is 2.17. The number of rotatable bonds is 9. The molecule has 0 fully saturated rings. The van der Waals surface area contributed by atoms with Gasteiger partial charge in [0.15, 0.2) is 29.7 Å². The molecule has 0 radical (unpaired) electrons. The average molecular weight is 486 g/mol. The maximum absolute atomic E-state index is 14.0. The van der Waals surface area contributed by atoms with Gasteiger partial charge in [-0.25, -0.2) is 9.37 Å². The first-order valence-corrected chi connectivity index (χ1v) is 10.9. The summed E-state index contributed by atoms with van der Waals surface area (Å²) >= 11 is 0. The highest BCUT2D eigenvalue weighted by Gasteiger charge is 2.39. The molecule has 1 amide bonds. The van der Waals surface area contributed by atoms with Crippen LogP contribution in [-0.4, -0.2) is 66.4 Å². The van der Waals surface area contributed by atoms with Crippen molar-refractivity contribution in [3.63, 3.8) is 0 Å². The first kappa shape index (κ1) is 24.4. The number of halogens is 1. The molecule has 11 nitrogen and oxygen atoms in total. The number of likely N-dealkylation sites (N-methyl/N-ethyl adjacent to an activating group) is 1. The maximum Gasteiger partial charge on any atom is 0.252 e. The van der Waals surface area contributed by atoms with Gasteiger partial charge in [-0.1, -0.05) is 6.07 Å². The Balaban J connectivity index is 1.46. The molecule has 3 heterocycles. The smallest absolute Gasteiger partial charge is 0.252 e. The van der Waals surface area contributed by atoms with E-state index in [1.165, 1.54) is 27.4 Å². The summed E-state index contributed by atoms with van der Waals surface area (Å²) in [6, 6.07) is 4.12. The number of hydrogen-bond donors (Lipinski definition) is 2. The van der Waals surface area contributed by atoms with Crippen molar-refractivity contribution in [2.45, 2.75) is 32.3 Å². The largest absolute Gasteiger partial charge is 0.494 e. The van der Waals surface area contributed by atoms with E-state index in [1.807, 2.05) is 6.20 Å². The Labute approximate surface area is 202 Å². The lowest BCUT2D eigenvalue weighted by atomic mass is 10.1. The van der Waals surface area contributed by atoms with Gasteiger partial charge in [-0.15, -0.1) is 0 Å². The fourth-order valence-corrected chi connectivity index (χ4v) is 3.96. The highest BCUT2D eigenvalue weighted by molar-refractivity contribution is 6.03. The molecule has 0 saturated heterocycles. The fourth-order valence-electron chi connectivity index (χ4n) is 3.96. The van der Waals surface area contributed by atoms with Gasteiger partial charge < -0.3 is 29.7 Å². The zero-order valence-electron chi connectivity index (χ0n) is 20.2. The number of aromatic nitrogens is 4. The number of benzene rings is 1. The van der Waals surface area contributed by atoms with Crippen molar-refractivity contribution in [2.75, 3.05) is 43.9 Å². The second-order valence-corrected chi connectivity index (χ2v) is 8.08. The Bertz CT molecular complexity index is 1210. The van der Waals surface area contributed by atoms with Crippen molar-refractivity contribution in [3.05, 3.63) is 53.2 Å². The third-order valence-electron chi connectivity index (χ3n) is 5.76. The van der Waals surface area contributed by atoms with E-state index in [0.717, 1.165) is 11.1 Å². The zero-order valence-corrected chi connectivity index (χ0v) is 20.2. The summed E-state index contributed by atoms with van der Waals surface area (Å²) < 4.78 is 31.2. The van der Waals surface area contributed by atoms with Gasteiger partial charge in [0.25, 0.3) is 5.91 Å². The molecule has 2 N–H and O–H groups in total. The number of anilines is 3. The van der Waals surface area contributed by atoms with Crippen LogP contribution >= 0.6 is 0 Å². The van der Waals surface area contributed by atoms with Crippen LogP contribution in [0.25, 0.3) is 0 Å². The normalized spacial score (nSPS) is 15.2. The number of amides is 1. The summed E-state index contributed by atoms with van der Waals surface area (Å²) in [5.41, 5.74) is 2.84. The molecule has 1 unspecified atom stereocenters. The fraction of sp³-hybridized carbons (Fsp3) is 0.391. The maximum atomic E-state index is 14.0. The van der Waals surface area contributed by atoms with Crippen LogP contribution in [0.1, 0.15) is 16.8 Å². The highest BCUT2D eigenvalue weighted by atomic mass is 19.1. The quantitative estimate of drug-likeness (QED) is 0.440. The third kappa shape index (κ3) is 5.03. The van der Waals surface area contributed by atoms with E-state index in [2.05, 4.69) is 25.7 Å². The molecular formula is C23H28FN7O4. The van der Waals surface area contributed by atoms with Gasteiger partial charge in [0.05, 0.1) is 25.5 Å². The summed E-state index contributed by atoms with van der Waals surface area (Å²) in [5.74, 6) is 0.492. The standard InChI is InChI=1S/C23H28FN7O4/c1-13-18-20(30(2)19(21(32)28-18)22(34-4)35-5)29-23(27-13)25-9-15-10-26-31(12-15)11-14-6-7-17(33-3)16(24)8-14/h6-8,10,12,19,22H,9,11H2,1-5H3,(H,28,32)(H,25,27,29). The van der Waals surface area contributed by atoms with E-state index in [4.69, 9.17) is 14.2 Å². The molecule has 0 saturated carbocycles. The highest BCUT2D eigenvalue weighted by Crippen LogP contribution is 2.33. The molecule has 1 atom stereocenters. The van der Waals surface area contributed by atoms with Crippen LogP contribution in [0.3, 0.4) is 0 Å². The number of carbonyl (C=O) groups excluding carboxylic acids is 1. The van der Waals surface area contributed by atoms with E-state index in [1.54, 1.807) is 41.9 Å².